The first-order chi connectivity index (χ1) is 34.6. The Morgan fingerprint density at radius 2 is 1.32 bits per heavy atom. The highest BCUT2D eigenvalue weighted by Gasteiger charge is 2.54. The second-order valence-electron chi connectivity index (χ2n) is 16.1. The van der Waals surface area contributed by atoms with Crippen LogP contribution in [-0.4, -0.2) is 174 Å². The van der Waals surface area contributed by atoms with Crippen LogP contribution in [0.2, 0.25) is 0 Å². The number of aryl methyl sites for hydroxylation is 1. The van der Waals surface area contributed by atoms with Crippen LogP contribution in [0, 0.1) is 0 Å². The number of aliphatic hydroxyl groups is 4. The van der Waals surface area contributed by atoms with Crippen LogP contribution < -0.4 is 32.9 Å². The number of anilines is 3. The molecule has 9 rings (SSSR count). The highest BCUT2D eigenvalue weighted by molar-refractivity contribution is 7.66. The predicted molar refractivity (Wildman–Crippen MR) is 231 cm³/mol. The average molecular weight is 1140 g/mol. The van der Waals surface area contributed by atoms with E-state index in [1.807, 2.05) is 0 Å². The minimum Gasteiger partial charge on any atom is -0.387 e. The third-order valence-corrected chi connectivity index (χ3v) is 16.4. The zero-order valence-corrected chi connectivity index (χ0v) is 40.4. The number of nitrogens with one attached hydrogen (secondary N) is 2. The van der Waals surface area contributed by atoms with E-state index in [0.717, 1.165) is 26.5 Å². The Bertz CT molecular complexity index is 3450. The van der Waals surface area contributed by atoms with Crippen LogP contribution in [0.1, 0.15) is 18.7 Å². The maximum Gasteiger partial charge on any atom is 0.490 e. The molecule has 16 atom stereocenters. The summed E-state index contributed by atoms with van der Waals surface area (Å²) in [5.41, 5.74) is 14.5. The monoisotopic (exact) mass is 1140 g/mol. The molecule has 0 aliphatic carbocycles. The molecule has 0 saturated carbocycles. The van der Waals surface area contributed by atoms with E-state index in [9.17, 15) is 67.8 Å². The minimum atomic E-state index is -6.25. The predicted octanol–water partition coefficient (Wildman–Crippen LogP) is -4.99. The Labute approximate surface area is 406 Å². The van der Waals surface area contributed by atoms with Crippen molar-refractivity contribution in [2.24, 2.45) is 7.05 Å². The Kier molecular flexibility index (Phi) is 14.3. The molecule has 3 aliphatic heterocycles. The summed E-state index contributed by atoms with van der Waals surface area (Å²) in [7, 11) is -22.4. The topological polar surface area (TPSA) is 566 Å². The number of aromatic nitrogens is 13. The van der Waals surface area contributed by atoms with Crippen molar-refractivity contribution in [1.82, 2.24) is 59.0 Å². The van der Waals surface area contributed by atoms with Crippen LogP contribution in [-0.2, 0) is 66.2 Å². The van der Waals surface area contributed by atoms with E-state index in [0.29, 0.717) is 0 Å². The molecule has 9 heterocycles. The van der Waals surface area contributed by atoms with Crippen LogP contribution in [0.3, 0.4) is 0 Å². The second kappa shape index (κ2) is 19.7. The summed E-state index contributed by atoms with van der Waals surface area (Å²) in [5, 5.41) is 50.2. The number of phosphoric acid groups is 4. The largest absolute Gasteiger partial charge is 0.490 e. The van der Waals surface area contributed by atoms with Gasteiger partial charge < -0.3 is 71.4 Å². The van der Waals surface area contributed by atoms with Gasteiger partial charge in [0.1, 0.15) is 60.7 Å². The van der Waals surface area contributed by atoms with Crippen LogP contribution in [0.25, 0.3) is 33.5 Å². The Morgan fingerprint density at radius 1 is 0.730 bits per heavy atom. The van der Waals surface area contributed by atoms with Crippen molar-refractivity contribution < 1.29 is 108 Å². The summed E-state index contributed by atoms with van der Waals surface area (Å²) < 4.78 is 117. The smallest absolute Gasteiger partial charge is 0.387 e. The summed E-state index contributed by atoms with van der Waals surface area (Å²) in [5.74, 6) is -0.880. The number of nitrogen functional groups attached to an aromatic ring is 3. The number of fused-ring (bicyclic) bond motifs is 3. The molecule has 3 aliphatic rings. The zero-order chi connectivity index (χ0) is 53.6. The summed E-state index contributed by atoms with van der Waals surface area (Å²) in [6.07, 6.45) is -19.9. The number of halogens is 1. The molecular formula is C30H40FN16O23P4+. The average Bonchev–Trinajstić information content (AvgIpc) is 4.15. The third-order valence-electron chi connectivity index (χ3n) is 11.1. The number of imidazole rings is 2. The van der Waals surface area contributed by atoms with Crippen molar-refractivity contribution in [1.29, 1.82) is 0 Å². The van der Waals surface area contributed by atoms with Gasteiger partial charge in [-0.3, -0.25) is 46.8 Å². The number of nitrogens with two attached hydrogens (primary N) is 3. The van der Waals surface area contributed by atoms with E-state index in [2.05, 4.69) is 58.3 Å². The summed E-state index contributed by atoms with van der Waals surface area (Å²) >= 11 is 0. The molecule has 3 saturated heterocycles. The van der Waals surface area contributed by atoms with Crippen molar-refractivity contribution in [3.63, 3.8) is 0 Å². The quantitative estimate of drug-likeness (QED) is 0.0283. The highest BCUT2D eigenvalue weighted by atomic mass is 31.3. The number of hydrogen-bond acceptors (Lipinski definition) is 29. The van der Waals surface area contributed by atoms with E-state index in [4.69, 9.17) is 45.0 Å². The number of nitrogens with zero attached hydrogens (tertiary/aromatic N) is 11. The van der Waals surface area contributed by atoms with Gasteiger partial charge in [-0.15, -0.1) is 5.10 Å². The van der Waals surface area contributed by atoms with Gasteiger partial charge >= 0.3 is 36.9 Å². The number of aliphatic hydroxyl groups excluding tert-OH is 4. The van der Waals surface area contributed by atoms with Gasteiger partial charge in [0.15, 0.2) is 47.6 Å². The molecule has 4 unspecified atom stereocenters. The number of ether oxygens (including phenoxy) is 3. The Morgan fingerprint density at radius 3 is 2.01 bits per heavy atom. The van der Waals surface area contributed by atoms with Crippen molar-refractivity contribution >= 4 is 82.5 Å². The van der Waals surface area contributed by atoms with E-state index in [-0.39, 0.29) is 51.2 Å². The second-order valence-corrected chi connectivity index (χ2v) is 22.1. The third kappa shape index (κ3) is 10.5. The van der Waals surface area contributed by atoms with Gasteiger partial charge in [-0.25, -0.2) is 42.2 Å². The lowest BCUT2D eigenvalue weighted by Gasteiger charge is -2.24. The van der Waals surface area contributed by atoms with Crippen molar-refractivity contribution in [2.45, 2.75) is 73.7 Å². The van der Waals surface area contributed by atoms with Crippen LogP contribution in [0.15, 0.2) is 28.6 Å². The molecule has 404 valence electrons. The molecule has 44 heteroatoms. The van der Waals surface area contributed by atoms with Crippen molar-refractivity contribution in [3.05, 3.63) is 39.7 Å². The number of phosphoric ester groups is 3. The van der Waals surface area contributed by atoms with Gasteiger partial charge in [-0.1, -0.05) is 10.2 Å². The fourth-order valence-corrected chi connectivity index (χ4v) is 12.4. The van der Waals surface area contributed by atoms with Gasteiger partial charge in [-0.05, 0) is 0 Å². The SMILES string of the molecule is Cn1c[n+]([C@@H]2O[C@H](COP(=O)(O)OP(=O)(O)OP(=O)(O)OC[C@H]3O[C@@H](n4cnc5c(N)ncnc54)[C@H](F)[C@@H]3OP(=O)(O)OC[C@H]3O[C@@H](n4nnc5c(=O)[nH]c(N)nc54)[C@H](O)[C@@H]3O)[C@@H](O)[C@H]2O)c2nc(N)[nH]c(=O)c21. The molecule has 0 aromatic carbocycles. The fourth-order valence-electron chi connectivity index (χ4n) is 7.89. The number of hydrogen-bond donors (Lipinski definition) is 13. The Hall–Kier alpha value is -5.25. The Balaban J connectivity index is 0.850. The molecule has 0 spiro atoms. The normalized spacial score (nSPS) is 30.7. The lowest BCUT2D eigenvalue weighted by atomic mass is 10.1. The summed E-state index contributed by atoms with van der Waals surface area (Å²) in [6.45, 7) is -3.71. The molecule has 6 aromatic heterocycles. The van der Waals surface area contributed by atoms with E-state index < -0.39 is 136 Å². The molecule has 3 fully saturated rings. The zero-order valence-electron chi connectivity index (χ0n) is 36.8. The summed E-state index contributed by atoms with van der Waals surface area (Å²) in [6, 6.07) is 0. The van der Waals surface area contributed by atoms with E-state index in [1.165, 1.54) is 17.9 Å². The maximum absolute atomic E-state index is 16.5. The lowest BCUT2D eigenvalue weighted by molar-refractivity contribution is -0.745. The molecule has 74 heavy (non-hydrogen) atoms. The first-order valence-electron chi connectivity index (χ1n) is 20.6. The van der Waals surface area contributed by atoms with Crippen LogP contribution in [0.5, 0.6) is 0 Å². The van der Waals surface area contributed by atoms with Gasteiger partial charge in [0.2, 0.25) is 17.7 Å². The first-order valence-corrected chi connectivity index (χ1v) is 26.6. The molecule has 39 nitrogen and oxygen atoms in total. The lowest BCUT2D eigenvalue weighted by Crippen LogP contribution is -2.46. The maximum atomic E-state index is 16.5. The van der Waals surface area contributed by atoms with Crippen LogP contribution in [0.4, 0.5) is 22.1 Å². The molecule has 0 bridgehead atoms. The molecule has 0 amide bonds. The van der Waals surface area contributed by atoms with Crippen molar-refractivity contribution in [2.75, 3.05) is 37.0 Å². The number of rotatable bonds is 18. The standard InChI is InChI=1S/C30H39FN16O23P4/c1-44-7-46(23-14(44)25(53)41-30(34)39-23)27-17(50)15(48)8(65-27)3-63-72(56,57)69-74(60,61)70-73(58,59)64-4-10-19(11(31)26(67-10)45-6-37-12-20(32)35-5-36-21(12)45)68-71(54,55)62-2-9-16(49)18(51)28(66-9)47-22-13(42-43-47)24(52)40-29(33)38-22/h5-11,15-19,26-28,48-51H,2-4H2,1H3,(H11-,32,33,34,35,36,38,39,40,41,43,52,53,54,55,56,57,58,59,60,61)/p+1/t8-,9-,10-,11-,15-,16-,17-,18-,19-,26-,27-,28-/m1/s1. The number of H-pyrrole nitrogens is 2. The molecular weight excluding hydrogens is 1100 g/mol. The number of aromatic amines is 2. The molecule has 16 N–H and O–H groups in total. The number of alkyl halides is 1. The van der Waals surface area contributed by atoms with Crippen LogP contribution >= 0.6 is 31.3 Å². The van der Waals surface area contributed by atoms with Crippen molar-refractivity contribution in [3.8, 4) is 0 Å². The van der Waals surface area contributed by atoms with Gasteiger partial charge in [0.25, 0.3) is 17.1 Å². The molecule has 0 radical (unpaired) electrons. The van der Waals surface area contributed by atoms with Gasteiger partial charge in [0, 0.05) is 0 Å². The van der Waals surface area contributed by atoms with E-state index in [1.54, 1.807) is 0 Å². The molecule has 6 aromatic rings. The minimum absolute atomic E-state index is 0.0373. The van der Waals surface area contributed by atoms with Gasteiger partial charge in [-0.2, -0.15) is 18.3 Å². The fraction of sp³-hybridized carbons (Fsp3) is 0.533. The van der Waals surface area contributed by atoms with Gasteiger partial charge in [0.05, 0.1) is 33.2 Å². The first kappa shape index (κ1) is 53.6. The highest BCUT2D eigenvalue weighted by Crippen LogP contribution is 2.68. The summed E-state index contributed by atoms with van der Waals surface area (Å²) in [4.78, 5) is 90.5. The van der Waals surface area contributed by atoms with E-state index >= 15 is 4.39 Å².